The fourth-order valence-electron chi connectivity index (χ4n) is 1.92. The van der Waals surface area contributed by atoms with Crippen molar-refractivity contribution >= 4 is 11.8 Å². The highest BCUT2D eigenvalue weighted by molar-refractivity contribution is 5.92. The molecule has 0 spiro atoms. The quantitative estimate of drug-likeness (QED) is 0.806. The topological polar surface area (TPSA) is 75.2 Å². The van der Waals surface area contributed by atoms with Crippen molar-refractivity contribution in [3.63, 3.8) is 0 Å². The van der Waals surface area contributed by atoms with Gasteiger partial charge in [0.25, 0.3) is 5.91 Å². The number of nitrogens with one attached hydrogen (secondary N) is 1. The lowest BCUT2D eigenvalue weighted by Gasteiger charge is -2.21. The van der Waals surface area contributed by atoms with Gasteiger partial charge < -0.3 is 10.2 Å². The molecule has 2 amide bonds. The molecular weight excluding hydrogens is 256 g/mol. The van der Waals surface area contributed by atoms with Crippen molar-refractivity contribution in [1.29, 1.82) is 0 Å². The maximum atomic E-state index is 12.3. The average molecular weight is 276 g/mol. The first-order valence-corrected chi connectivity index (χ1v) is 7.05. The van der Waals surface area contributed by atoms with Gasteiger partial charge in [-0.05, 0) is 19.3 Å². The van der Waals surface area contributed by atoms with E-state index >= 15 is 0 Å². The van der Waals surface area contributed by atoms with E-state index in [0.717, 1.165) is 19.3 Å². The van der Waals surface area contributed by atoms with Crippen molar-refractivity contribution in [2.45, 2.75) is 38.6 Å². The third kappa shape index (κ3) is 4.29. The van der Waals surface area contributed by atoms with Gasteiger partial charge in [-0.2, -0.15) is 0 Å². The standard InChI is InChI=1S/C14H20N4O2/c1-2-8-18(9-5-13(19)17-11-3-4-11)14(20)12-10-15-6-7-16-12/h6-7,10-11H,2-5,8-9H2,1H3,(H,17,19). The van der Waals surface area contributed by atoms with Crippen LogP contribution in [-0.2, 0) is 4.79 Å². The van der Waals surface area contributed by atoms with E-state index in [1.54, 1.807) is 4.90 Å². The minimum atomic E-state index is -0.167. The van der Waals surface area contributed by atoms with Crippen LogP contribution in [0.2, 0.25) is 0 Å². The number of carbonyl (C=O) groups excluding carboxylic acids is 2. The first-order valence-electron chi connectivity index (χ1n) is 7.05. The van der Waals surface area contributed by atoms with Crippen molar-refractivity contribution in [2.75, 3.05) is 13.1 Å². The third-order valence-corrected chi connectivity index (χ3v) is 3.11. The van der Waals surface area contributed by atoms with Crippen molar-refractivity contribution in [2.24, 2.45) is 0 Å². The van der Waals surface area contributed by atoms with Crippen molar-refractivity contribution in [1.82, 2.24) is 20.2 Å². The van der Waals surface area contributed by atoms with Gasteiger partial charge in [-0.15, -0.1) is 0 Å². The van der Waals surface area contributed by atoms with E-state index in [1.165, 1.54) is 18.6 Å². The summed E-state index contributed by atoms with van der Waals surface area (Å²) in [4.78, 5) is 33.5. The molecule has 1 heterocycles. The summed E-state index contributed by atoms with van der Waals surface area (Å²) in [6.07, 6.45) is 7.81. The van der Waals surface area contributed by atoms with Crippen LogP contribution in [0.3, 0.4) is 0 Å². The van der Waals surface area contributed by atoms with E-state index in [4.69, 9.17) is 0 Å². The second-order valence-electron chi connectivity index (χ2n) is 4.97. The maximum absolute atomic E-state index is 12.3. The lowest BCUT2D eigenvalue weighted by atomic mass is 10.3. The lowest BCUT2D eigenvalue weighted by molar-refractivity contribution is -0.121. The van der Waals surface area contributed by atoms with Crippen LogP contribution >= 0.6 is 0 Å². The molecule has 0 unspecified atom stereocenters. The highest BCUT2D eigenvalue weighted by Gasteiger charge is 2.24. The summed E-state index contributed by atoms with van der Waals surface area (Å²) in [5.74, 6) is -0.153. The molecule has 1 aromatic heterocycles. The van der Waals surface area contributed by atoms with Crippen LogP contribution in [-0.4, -0.2) is 45.8 Å². The molecular formula is C14H20N4O2. The molecule has 6 nitrogen and oxygen atoms in total. The molecule has 0 bridgehead atoms. The van der Waals surface area contributed by atoms with Gasteiger partial charge in [0.1, 0.15) is 5.69 Å². The van der Waals surface area contributed by atoms with Gasteiger partial charge in [-0.25, -0.2) is 4.98 Å². The Morgan fingerprint density at radius 2 is 2.15 bits per heavy atom. The third-order valence-electron chi connectivity index (χ3n) is 3.11. The fraction of sp³-hybridized carbons (Fsp3) is 0.571. The Bertz CT molecular complexity index is 460. The molecule has 0 aromatic carbocycles. The lowest BCUT2D eigenvalue weighted by Crippen LogP contribution is -2.36. The molecule has 0 atom stereocenters. The van der Waals surface area contributed by atoms with Crippen LogP contribution in [0, 0.1) is 0 Å². The Labute approximate surface area is 118 Å². The smallest absolute Gasteiger partial charge is 0.274 e. The van der Waals surface area contributed by atoms with Crippen LogP contribution in [0.5, 0.6) is 0 Å². The van der Waals surface area contributed by atoms with E-state index < -0.39 is 0 Å². The Morgan fingerprint density at radius 1 is 1.35 bits per heavy atom. The van der Waals surface area contributed by atoms with Gasteiger partial charge in [0, 0.05) is 37.9 Å². The van der Waals surface area contributed by atoms with Crippen molar-refractivity contribution in [3.05, 3.63) is 24.3 Å². The number of carbonyl (C=O) groups is 2. The molecule has 0 aliphatic heterocycles. The van der Waals surface area contributed by atoms with Gasteiger partial charge in [-0.3, -0.25) is 14.6 Å². The van der Waals surface area contributed by atoms with E-state index in [0.29, 0.717) is 31.2 Å². The minimum Gasteiger partial charge on any atom is -0.353 e. The van der Waals surface area contributed by atoms with E-state index in [2.05, 4.69) is 15.3 Å². The average Bonchev–Trinajstić information content (AvgIpc) is 3.27. The number of amides is 2. The van der Waals surface area contributed by atoms with Crippen LogP contribution in [0.4, 0.5) is 0 Å². The zero-order chi connectivity index (χ0) is 14.4. The Morgan fingerprint density at radius 3 is 2.75 bits per heavy atom. The van der Waals surface area contributed by atoms with Crippen molar-refractivity contribution < 1.29 is 9.59 Å². The molecule has 6 heteroatoms. The predicted octanol–water partition coefficient (Wildman–Crippen LogP) is 0.997. The molecule has 2 rings (SSSR count). The van der Waals surface area contributed by atoms with Gasteiger partial charge in [-0.1, -0.05) is 6.92 Å². The second kappa shape index (κ2) is 6.98. The highest BCUT2D eigenvalue weighted by Crippen LogP contribution is 2.18. The second-order valence-corrected chi connectivity index (χ2v) is 4.97. The monoisotopic (exact) mass is 276 g/mol. The Hall–Kier alpha value is -1.98. The molecule has 0 saturated heterocycles. The fourth-order valence-corrected chi connectivity index (χ4v) is 1.92. The SMILES string of the molecule is CCCN(CCC(=O)NC1CC1)C(=O)c1cnccn1. The summed E-state index contributed by atoms with van der Waals surface area (Å²) in [5.41, 5.74) is 0.323. The first-order chi connectivity index (χ1) is 9.70. The van der Waals surface area contributed by atoms with E-state index in [9.17, 15) is 9.59 Å². The van der Waals surface area contributed by atoms with Gasteiger partial charge in [0.15, 0.2) is 0 Å². The molecule has 1 aliphatic rings. The summed E-state index contributed by atoms with van der Waals surface area (Å²) in [6.45, 7) is 3.04. The normalized spacial score (nSPS) is 13.8. The van der Waals surface area contributed by atoms with Gasteiger partial charge in [0.05, 0.1) is 6.20 Å². The number of nitrogens with zero attached hydrogens (tertiary/aromatic N) is 3. The van der Waals surface area contributed by atoms with Crippen LogP contribution in [0.15, 0.2) is 18.6 Å². The molecule has 1 fully saturated rings. The van der Waals surface area contributed by atoms with Crippen LogP contribution in [0.25, 0.3) is 0 Å². The molecule has 20 heavy (non-hydrogen) atoms. The first kappa shape index (κ1) is 14.4. The van der Waals surface area contributed by atoms with Gasteiger partial charge >= 0.3 is 0 Å². The van der Waals surface area contributed by atoms with E-state index in [1.807, 2.05) is 6.92 Å². The summed E-state index contributed by atoms with van der Waals surface area (Å²) in [6, 6.07) is 0.359. The summed E-state index contributed by atoms with van der Waals surface area (Å²) in [7, 11) is 0. The largest absolute Gasteiger partial charge is 0.353 e. The number of aromatic nitrogens is 2. The zero-order valence-electron chi connectivity index (χ0n) is 11.7. The highest BCUT2D eigenvalue weighted by atomic mass is 16.2. The van der Waals surface area contributed by atoms with Crippen LogP contribution in [0.1, 0.15) is 43.1 Å². The summed E-state index contributed by atoms with van der Waals surface area (Å²) >= 11 is 0. The Balaban J connectivity index is 1.88. The Kier molecular flexibility index (Phi) is 5.03. The summed E-state index contributed by atoms with van der Waals surface area (Å²) < 4.78 is 0. The van der Waals surface area contributed by atoms with Crippen molar-refractivity contribution in [3.8, 4) is 0 Å². The van der Waals surface area contributed by atoms with Gasteiger partial charge in [0.2, 0.25) is 5.91 Å². The molecule has 1 saturated carbocycles. The predicted molar refractivity (Wildman–Crippen MR) is 74.0 cm³/mol. The molecule has 1 aromatic rings. The van der Waals surface area contributed by atoms with Crippen LogP contribution < -0.4 is 5.32 Å². The molecule has 1 N–H and O–H groups in total. The molecule has 108 valence electrons. The number of rotatable bonds is 7. The minimum absolute atomic E-state index is 0.0144. The maximum Gasteiger partial charge on any atom is 0.274 e. The van der Waals surface area contributed by atoms with E-state index in [-0.39, 0.29) is 11.8 Å². The zero-order valence-corrected chi connectivity index (χ0v) is 11.7. The summed E-state index contributed by atoms with van der Waals surface area (Å²) in [5, 5.41) is 2.93. The molecule has 1 aliphatic carbocycles. The number of hydrogen-bond acceptors (Lipinski definition) is 4. The molecule has 0 radical (unpaired) electrons. The number of hydrogen-bond donors (Lipinski definition) is 1.